The number of thiophene rings is 1. The van der Waals surface area contributed by atoms with Gasteiger partial charge >= 0.3 is 5.97 Å². The number of amides is 1. The summed E-state index contributed by atoms with van der Waals surface area (Å²) in [6, 6.07) is 5.43. The number of methoxy groups -OCH3 is 1. The monoisotopic (exact) mass is 334 g/mol. The molecule has 0 aliphatic carbocycles. The Balaban J connectivity index is 2.24. The lowest BCUT2D eigenvalue weighted by Gasteiger charge is -2.21. The van der Waals surface area contributed by atoms with E-state index in [0.29, 0.717) is 11.3 Å². The van der Waals surface area contributed by atoms with Gasteiger partial charge in [-0.3, -0.25) is 14.6 Å². The van der Waals surface area contributed by atoms with Crippen molar-refractivity contribution in [3.05, 3.63) is 40.2 Å². The van der Waals surface area contributed by atoms with Gasteiger partial charge in [0.25, 0.3) is 5.91 Å². The highest BCUT2D eigenvalue weighted by atomic mass is 32.1. The van der Waals surface area contributed by atoms with Crippen LogP contribution in [-0.4, -0.2) is 53.7 Å². The number of pyridine rings is 1. The van der Waals surface area contributed by atoms with Gasteiger partial charge in [0.15, 0.2) is 0 Å². The molecule has 0 aliphatic heterocycles. The number of aromatic nitrogens is 1. The van der Waals surface area contributed by atoms with Crippen molar-refractivity contribution in [3.8, 4) is 11.3 Å². The second kappa shape index (κ2) is 7.85. The van der Waals surface area contributed by atoms with Gasteiger partial charge in [-0.05, 0) is 30.5 Å². The molecule has 2 aromatic rings. The largest absolute Gasteiger partial charge is 0.480 e. The molecule has 2 aromatic heterocycles. The molecule has 2 rings (SSSR count). The summed E-state index contributed by atoms with van der Waals surface area (Å²) in [5.74, 6) is -1.42. The fourth-order valence-corrected chi connectivity index (χ4v) is 2.80. The third kappa shape index (κ3) is 4.37. The lowest BCUT2D eigenvalue weighted by Crippen LogP contribution is -2.38. The minimum atomic E-state index is -1.06. The minimum absolute atomic E-state index is 0.216. The van der Waals surface area contributed by atoms with Gasteiger partial charge in [-0.1, -0.05) is 0 Å². The van der Waals surface area contributed by atoms with E-state index in [0.717, 1.165) is 11.3 Å². The number of carboxylic acids is 1. The van der Waals surface area contributed by atoms with Gasteiger partial charge in [0.05, 0.1) is 23.6 Å². The predicted molar refractivity (Wildman–Crippen MR) is 87.7 cm³/mol. The number of hydrogen-bond donors (Lipinski definition) is 1. The zero-order valence-electron chi connectivity index (χ0n) is 13.0. The average Bonchev–Trinajstić information content (AvgIpc) is 3.04. The summed E-state index contributed by atoms with van der Waals surface area (Å²) < 4.78 is 4.94. The third-order valence-electron chi connectivity index (χ3n) is 3.31. The number of nitrogens with zero attached hydrogens (tertiary/aromatic N) is 2. The smallest absolute Gasteiger partial charge is 0.323 e. The van der Waals surface area contributed by atoms with E-state index in [-0.39, 0.29) is 25.6 Å². The number of carboxylic acid groups (broad SMARTS) is 1. The Morgan fingerprint density at radius 1 is 1.35 bits per heavy atom. The Labute approximate surface area is 138 Å². The molecule has 0 unspecified atom stereocenters. The SMILES string of the molecule is COCCN(CC(=O)O)C(=O)c1ccc(-c2ccsc2)nc1C. The highest BCUT2D eigenvalue weighted by Crippen LogP contribution is 2.22. The number of carbonyl (C=O) groups is 2. The third-order valence-corrected chi connectivity index (χ3v) is 4.00. The normalized spacial score (nSPS) is 10.5. The molecule has 0 aliphatic rings. The van der Waals surface area contributed by atoms with Crippen LogP contribution in [0.1, 0.15) is 16.1 Å². The standard InChI is InChI=1S/C16H18N2O4S/c1-11-13(3-4-14(17-11)12-5-8-23-10-12)16(21)18(6-7-22-2)9-15(19)20/h3-5,8,10H,6-7,9H2,1-2H3,(H,19,20). The molecule has 6 nitrogen and oxygen atoms in total. The number of rotatable bonds is 7. The molecule has 122 valence electrons. The summed E-state index contributed by atoms with van der Waals surface area (Å²) in [5.41, 5.74) is 2.77. The molecule has 7 heteroatoms. The molecule has 1 N–H and O–H groups in total. The fraction of sp³-hybridized carbons (Fsp3) is 0.312. The van der Waals surface area contributed by atoms with Crippen molar-refractivity contribution < 1.29 is 19.4 Å². The first kappa shape index (κ1) is 17.1. The lowest BCUT2D eigenvalue weighted by molar-refractivity contribution is -0.137. The van der Waals surface area contributed by atoms with Crippen molar-refractivity contribution in [1.29, 1.82) is 0 Å². The summed E-state index contributed by atoms with van der Waals surface area (Å²) in [4.78, 5) is 29.2. The summed E-state index contributed by atoms with van der Waals surface area (Å²) in [6.45, 7) is 1.87. The van der Waals surface area contributed by atoms with E-state index in [9.17, 15) is 9.59 Å². The van der Waals surface area contributed by atoms with Crippen molar-refractivity contribution in [3.63, 3.8) is 0 Å². The van der Waals surface area contributed by atoms with E-state index >= 15 is 0 Å². The number of aliphatic carboxylic acids is 1. The Morgan fingerprint density at radius 2 is 2.13 bits per heavy atom. The average molecular weight is 334 g/mol. The van der Waals surface area contributed by atoms with E-state index in [1.165, 1.54) is 12.0 Å². The maximum Gasteiger partial charge on any atom is 0.323 e. The van der Waals surface area contributed by atoms with E-state index in [2.05, 4.69) is 4.98 Å². The molecule has 0 saturated heterocycles. The van der Waals surface area contributed by atoms with Crippen molar-refractivity contribution in [2.24, 2.45) is 0 Å². The maximum atomic E-state index is 12.6. The highest BCUT2D eigenvalue weighted by Gasteiger charge is 2.20. The quantitative estimate of drug-likeness (QED) is 0.840. The first-order valence-electron chi connectivity index (χ1n) is 7.03. The summed E-state index contributed by atoms with van der Waals surface area (Å²) in [7, 11) is 1.51. The van der Waals surface area contributed by atoms with Crippen LogP contribution in [0.25, 0.3) is 11.3 Å². The van der Waals surface area contributed by atoms with Gasteiger partial charge in [-0.2, -0.15) is 11.3 Å². The molecule has 0 spiro atoms. The Kier molecular flexibility index (Phi) is 5.84. The van der Waals surface area contributed by atoms with E-state index in [1.54, 1.807) is 30.4 Å². The molecule has 0 bridgehead atoms. The molecule has 2 heterocycles. The molecular formula is C16H18N2O4S. The van der Waals surface area contributed by atoms with Gasteiger partial charge in [0, 0.05) is 24.6 Å². The zero-order valence-corrected chi connectivity index (χ0v) is 13.8. The number of hydrogen-bond acceptors (Lipinski definition) is 5. The summed E-state index contributed by atoms with van der Waals surface area (Å²) in [6.07, 6.45) is 0. The van der Waals surface area contributed by atoms with Crippen LogP contribution < -0.4 is 0 Å². The van der Waals surface area contributed by atoms with Gasteiger partial charge in [0.2, 0.25) is 0 Å². The van der Waals surface area contributed by atoms with Gasteiger partial charge < -0.3 is 14.7 Å². The van der Waals surface area contributed by atoms with Crippen LogP contribution in [0.15, 0.2) is 29.0 Å². The molecule has 23 heavy (non-hydrogen) atoms. The van der Waals surface area contributed by atoms with Gasteiger partial charge in [-0.15, -0.1) is 0 Å². The fourth-order valence-electron chi connectivity index (χ4n) is 2.15. The first-order chi connectivity index (χ1) is 11.0. The first-order valence-corrected chi connectivity index (χ1v) is 7.97. The van der Waals surface area contributed by atoms with Crippen molar-refractivity contribution >= 4 is 23.2 Å². The van der Waals surface area contributed by atoms with Crippen molar-refractivity contribution in [2.45, 2.75) is 6.92 Å². The topological polar surface area (TPSA) is 79.7 Å². The number of carbonyl (C=O) groups excluding carboxylic acids is 1. The Morgan fingerprint density at radius 3 is 2.70 bits per heavy atom. The van der Waals surface area contributed by atoms with Crippen LogP contribution in [0, 0.1) is 6.92 Å². The van der Waals surface area contributed by atoms with Crippen LogP contribution >= 0.6 is 11.3 Å². The Hall–Kier alpha value is -2.25. The highest BCUT2D eigenvalue weighted by molar-refractivity contribution is 7.08. The van der Waals surface area contributed by atoms with Crippen LogP contribution in [0.5, 0.6) is 0 Å². The Bertz CT molecular complexity index is 685. The van der Waals surface area contributed by atoms with Gasteiger partial charge in [-0.25, -0.2) is 0 Å². The molecule has 0 saturated carbocycles. The minimum Gasteiger partial charge on any atom is -0.480 e. The van der Waals surface area contributed by atoms with Crippen molar-refractivity contribution in [1.82, 2.24) is 9.88 Å². The molecule has 1 amide bonds. The molecule has 0 fully saturated rings. The molecule has 0 atom stereocenters. The van der Waals surface area contributed by atoms with Crippen LogP contribution in [0.3, 0.4) is 0 Å². The molecular weight excluding hydrogens is 316 g/mol. The van der Waals surface area contributed by atoms with E-state index < -0.39 is 5.97 Å². The second-order valence-electron chi connectivity index (χ2n) is 4.95. The number of ether oxygens (including phenoxy) is 1. The molecule has 0 aromatic carbocycles. The lowest BCUT2D eigenvalue weighted by atomic mass is 10.1. The van der Waals surface area contributed by atoms with Crippen LogP contribution in [0.4, 0.5) is 0 Å². The molecule has 0 radical (unpaired) electrons. The summed E-state index contributed by atoms with van der Waals surface area (Å²) >= 11 is 1.58. The van der Waals surface area contributed by atoms with Crippen molar-refractivity contribution in [2.75, 3.05) is 26.8 Å². The summed E-state index contributed by atoms with van der Waals surface area (Å²) in [5, 5.41) is 12.9. The second-order valence-corrected chi connectivity index (χ2v) is 5.73. The maximum absolute atomic E-state index is 12.6. The van der Waals surface area contributed by atoms with Gasteiger partial charge in [0.1, 0.15) is 6.54 Å². The van der Waals surface area contributed by atoms with E-state index in [1.807, 2.05) is 16.8 Å². The zero-order chi connectivity index (χ0) is 16.8. The predicted octanol–water partition coefficient (Wildman–Crippen LogP) is 2.29. The van der Waals surface area contributed by atoms with Crippen LogP contribution in [0.2, 0.25) is 0 Å². The van der Waals surface area contributed by atoms with E-state index in [4.69, 9.17) is 9.84 Å². The number of aryl methyl sites for hydroxylation is 1. The van der Waals surface area contributed by atoms with Crippen LogP contribution in [-0.2, 0) is 9.53 Å².